The summed E-state index contributed by atoms with van der Waals surface area (Å²) in [6.45, 7) is 3.88. The van der Waals surface area contributed by atoms with Crippen LogP contribution in [0, 0.1) is 5.82 Å². The quantitative estimate of drug-likeness (QED) is 0.388. The van der Waals surface area contributed by atoms with Crippen LogP contribution in [0.2, 0.25) is 5.02 Å². The highest BCUT2D eigenvalue weighted by Crippen LogP contribution is 2.41. The van der Waals surface area contributed by atoms with Gasteiger partial charge in [-0.05, 0) is 38.1 Å². The maximum absolute atomic E-state index is 14.7. The second-order valence-corrected chi connectivity index (χ2v) is 7.71. The van der Waals surface area contributed by atoms with Crippen LogP contribution in [0.25, 0.3) is 5.76 Å². The van der Waals surface area contributed by atoms with Crippen LogP contribution in [0.4, 0.5) is 4.39 Å². The van der Waals surface area contributed by atoms with E-state index >= 15 is 0 Å². The second-order valence-electron chi connectivity index (χ2n) is 7.28. The maximum Gasteiger partial charge on any atom is 0.295 e. The Morgan fingerprint density at radius 3 is 2.58 bits per heavy atom. The molecule has 1 aliphatic rings. The molecule has 3 rings (SSSR count). The molecule has 1 fully saturated rings. The van der Waals surface area contributed by atoms with Gasteiger partial charge in [0, 0.05) is 17.1 Å². The number of benzene rings is 2. The van der Waals surface area contributed by atoms with Crippen molar-refractivity contribution in [2.45, 2.75) is 26.0 Å². The van der Waals surface area contributed by atoms with E-state index in [9.17, 15) is 19.1 Å². The number of aliphatic hydroxyl groups is 1. The summed E-state index contributed by atoms with van der Waals surface area (Å²) in [6, 6.07) is 9.21. The summed E-state index contributed by atoms with van der Waals surface area (Å²) in [5, 5.41) is 11.4. The van der Waals surface area contributed by atoms with E-state index in [-0.39, 0.29) is 41.7 Å². The van der Waals surface area contributed by atoms with Crippen LogP contribution in [0.5, 0.6) is 5.75 Å². The largest absolute Gasteiger partial charge is 0.507 e. The van der Waals surface area contributed by atoms with Gasteiger partial charge < -0.3 is 19.5 Å². The Morgan fingerprint density at radius 2 is 1.94 bits per heavy atom. The first-order valence-corrected chi connectivity index (χ1v) is 10.1. The molecule has 0 spiro atoms. The highest BCUT2D eigenvalue weighted by atomic mass is 35.5. The Hall–Kier alpha value is -2.90. The van der Waals surface area contributed by atoms with Crippen LogP contribution in [0.3, 0.4) is 0 Å². The van der Waals surface area contributed by atoms with E-state index in [1.807, 2.05) is 13.8 Å². The fourth-order valence-electron chi connectivity index (χ4n) is 3.53. The van der Waals surface area contributed by atoms with Crippen molar-refractivity contribution >= 4 is 29.1 Å². The summed E-state index contributed by atoms with van der Waals surface area (Å²) in [6.07, 6.45) is -0.0838. The maximum atomic E-state index is 14.7. The van der Waals surface area contributed by atoms with Gasteiger partial charge in [0.15, 0.2) is 0 Å². The fraction of sp³-hybridized carbons (Fsp3) is 0.304. The normalized spacial score (nSPS) is 18.1. The minimum absolute atomic E-state index is 0.0468. The van der Waals surface area contributed by atoms with Crippen molar-refractivity contribution in [3.8, 4) is 5.75 Å². The Labute approximate surface area is 184 Å². The summed E-state index contributed by atoms with van der Waals surface area (Å²) in [7, 11) is 1.40. The molecule has 1 unspecified atom stereocenters. The van der Waals surface area contributed by atoms with E-state index in [1.165, 1.54) is 42.3 Å². The highest BCUT2D eigenvalue weighted by molar-refractivity contribution is 6.46. The second kappa shape index (κ2) is 9.49. The molecule has 0 aliphatic carbocycles. The summed E-state index contributed by atoms with van der Waals surface area (Å²) in [5.41, 5.74) is -0.0122. The van der Waals surface area contributed by atoms with E-state index in [2.05, 4.69) is 0 Å². The molecular formula is C23H23ClFNO5. The lowest BCUT2D eigenvalue weighted by Crippen LogP contribution is -2.33. The number of rotatable bonds is 7. The number of ether oxygens (including phenoxy) is 2. The van der Waals surface area contributed by atoms with Crippen LogP contribution in [0.1, 0.15) is 31.0 Å². The van der Waals surface area contributed by atoms with Gasteiger partial charge >= 0.3 is 0 Å². The number of hydrogen-bond donors (Lipinski definition) is 1. The van der Waals surface area contributed by atoms with Crippen LogP contribution in [-0.2, 0) is 14.3 Å². The van der Waals surface area contributed by atoms with Crippen molar-refractivity contribution < 1.29 is 28.6 Å². The highest BCUT2D eigenvalue weighted by Gasteiger charge is 2.47. The third-order valence-corrected chi connectivity index (χ3v) is 5.17. The molecule has 1 atom stereocenters. The third kappa shape index (κ3) is 4.57. The molecule has 164 valence electrons. The molecule has 2 aromatic carbocycles. The lowest BCUT2D eigenvalue weighted by Gasteiger charge is -2.26. The van der Waals surface area contributed by atoms with Crippen LogP contribution >= 0.6 is 11.6 Å². The molecule has 2 aromatic rings. The zero-order valence-electron chi connectivity index (χ0n) is 17.4. The van der Waals surface area contributed by atoms with E-state index in [0.29, 0.717) is 5.02 Å². The van der Waals surface area contributed by atoms with Crippen molar-refractivity contribution in [3.05, 3.63) is 70.0 Å². The van der Waals surface area contributed by atoms with Gasteiger partial charge in [-0.3, -0.25) is 9.59 Å². The van der Waals surface area contributed by atoms with Crippen molar-refractivity contribution in [2.24, 2.45) is 0 Å². The Morgan fingerprint density at radius 1 is 1.23 bits per heavy atom. The Balaban J connectivity index is 2.18. The van der Waals surface area contributed by atoms with E-state index in [1.54, 1.807) is 12.1 Å². The molecule has 1 aliphatic heterocycles. The topological polar surface area (TPSA) is 76.1 Å². The minimum atomic E-state index is -1.12. The Bertz CT molecular complexity index is 1040. The number of Topliss-reactive ketones (excluding diaryl/α,β-unsaturated/α-hetero) is 1. The van der Waals surface area contributed by atoms with Crippen LogP contribution in [0.15, 0.2) is 48.0 Å². The van der Waals surface area contributed by atoms with Crippen molar-refractivity contribution in [1.29, 1.82) is 0 Å². The number of likely N-dealkylation sites (tertiary alicyclic amines) is 1. The van der Waals surface area contributed by atoms with Gasteiger partial charge in [0.2, 0.25) is 0 Å². The number of hydrogen-bond acceptors (Lipinski definition) is 5. The van der Waals surface area contributed by atoms with E-state index < -0.39 is 29.3 Å². The summed E-state index contributed by atoms with van der Waals surface area (Å²) >= 11 is 6.07. The number of methoxy groups -OCH3 is 1. The van der Waals surface area contributed by atoms with Gasteiger partial charge in [-0.15, -0.1) is 0 Å². The van der Waals surface area contributed by atoms with Gasteiger partial charge in [0.05, 0.1) is 37.0 Å². The predicted octanol–water partition coefficient (Wildman–Crippen LogP) is 4.33. The number of nitrogens with zero attached hydrogens (tertiary/aromatic N) is 1. The molecule has 0 radical (unpaired) electrons. The van der Waals surface area contributed by atoms with E-state index in [0.717, 1.165) is 0 Å². The number of carbonyl (C=O) groups excluding carboxylic acids is 2. The first kappa shape index (κ1) is 22.8. The third-order valence-electron chi connectivity index (χ3n) is 4.94. The smallest absolute Gasteiger partial charge is 0.295 e. The fourth-order valence-corrected chi connectivity index (χ4v) is 3.70. The van der Waals surface area contributed by atoms with Gasteiger partial charge in [-0.25, -0.2) is 4.39 Å². The number of carbonyl (C=O) groups is 2. The molecule has 0 bridgehead atoms. The molecule has 0 aromatic heterocycles. The lowest BCUT2D eigenvalue weighted by molar-refractivity contribution is -0.140. The van der Waals surface area contributed by atoms with E-state index in [4.69, 9.17) is 21.1 Å². The number of amides is 1. The number of aliphatic hydroxyl groups excluding tert-OH is 1. The Kier molecular flexibility index (Phi) is 6.97. The van der Waals surface area contributed by atoms with Crippen molar-refractivity contribution in [2.75, 3.05) is 20.3 Å². The molecule has 6 nitrogen and oxygen atoms in total. The summed E-state index contributed by atoms with van der Waals surface area (Å²) in [4.78, 5) is 27.0. The average Bonchev–Trinajstić information content (AvgIpc) is 2.98. The zero-order chi connectivity index (χ0) is 22.7. The SMILES string of the molecule is COc1ccc(Cl)cc1/C(O)=C1\C(=O)C(=O)N(CCOC(C)C)C1c1ccccc1F. The molecule has 0 saturated carbocycles. The monoisotopic (exact) mass is 447 g/mol. The number of halogens is 2. The average molecular weight is 448 g/mol. The van der Waals surface area contributed by atoms with Gasteiger partial charge in [-0.2, -0.15) is 0 Å². The summed E-state index contributed by atoms with van der Waals surface area (Å²) in [5.74, 6) is -2.60. The van der Waals surface area contributed by atoms with Crippen LogP contribution in [-0.4, -0.2) is 48.1 Å². The van der Waals surface area contributed by atoms with Crippen molar-refractivity contribution in [3.63, 3.8) is 0 Å². The first-order valence-electron chi connectivity index (χ1n) is 9.74. The van der Waals surface area contributed by atoms with Gasteiger partial charge in [0.1, 0.15) is 17.3 Å². The molecular weight excluding hydrogens is 425 g/mol. The minimum Gasteiger partial charge on any atom is -0.507 e. The predicted molar refractivity (Wildman–Crippen MR) is 115 cm³/mol. The van der Waals surface area contributed by atoms with Crippen LogP contribution < -0.4 is 4.74 Å². The molecule has 1 heterocycles. The molecule has 31 heavy (non-hydrogen) atoms. The summed E-state index contributed by atoms with van der Waals surface area (Å²) < 4.78 is 25.5. The first-order chi connectivity index (χ1) is 14.8. The van der Waals surface area contributed by atoms with Gasteiger partial charge in [-0.1, -0.05) is 29.8 Å². The standard InChI is InChI=1S/C23H23ClFNO5/c1-13(2)31-11-10-26-20(15-6-4-5-7-17(15)25)19(22(28)23(26)29)21(27)16-12-14(24)8-9-18(16)30-3/h4-9,12-13,20,27H,10-11H2,1-3H3/b21-19+. The molecule has 1 amide bonds. The zero-order valence-corrected chi connectivity index (χ0v) is 18.1. The molecule has 1 saturated heterocycles. The number of ketones is 1. The van der Waals surface area contributed by atoms with Crippen molar-refractivity contribution in [1.82, 2.24) is 4.90 Å². The lowest BCUT2D eigenvalue weighted by atomic mass is 9.94. The van der Waals surface area contributed by atoms with Gasteiger partial charge in [0.25, 0.3) is 11.7 Å². The molecule has 1 N–H and O–H groups in total. The molecule has 8 heteroatoms.